The molecule has 23 heavy (non-hydrogen) atoms. The van der Waals surface area contributed by atoms with Gasteiger partial charge in [-0.3, -0.25) is 9.59 Å². The van der Waals surface area contributed by atoms with E-state index in [0.29, 0.717) is 19.5 Å². The molecule has 1 aliphatic heterocycles. The topological polar surface area (TPSA) is 89.4 Å². The van der Waals surface area contributed by atoms with Crippen LogP contribution in [0.25, 0.3) is 0 Å². The minimum Gasteiger partial charge on any atom is -0.399 e. The fourth-order valence-electron chi connectivity index (χ4n) is 3.73. The van der Waals surface area contributed by atoms with E-state index in [1.807, 2.05) is 13.8 Å². The molecule has 1 spiro atoms. The van der Waals surface area contributed by atoms with Crippen molar-refractivity contribution in [3.05, 3.63) is 41.4 Å². The molecule has 1 amide bonds. The molecule has 5 nitrogen and oxygen atoms in total. The number of nitrogens with two attached hydrogens (primary N) is 2. The number of hydrogen-bond donors (Lipinski definition) is 2. The number of hydrogen-bond acceptors (Lipinski definition) is 4. The van der Waals surface area contributed by atoms with Crippen molar-refractivity contribution in [1.29, 1.82) is 0 Å². The summed E-state index contributed by atoms with van der Waals surface area (Å²) in [4.78, 5) is 26.0. The molecule has 1 heterocycles. The Morgan fingerprint density at radius 1 is 1.26 bits per heavy atom. The van der Waals surface area contributed by atoms with Crippen LogP contribution < -0.4 is 11.5 Å². The molecule has 0 unspecified atom stereocenters. The van der Waals surface area contributed by atoms with Crippen LogP contribution in [0.5, 0.6) is 0 Å². The molecule has 0 atom stereocenters. The highest BCUT2D eigenvalue weighted by molar-refractivity contribution is 6.00. The summed E-state index contributed by atoms with van der Waals surface area (Å²) >= 11 is 0. The standard InChI is InChI=1S/C17H20FN3O2/c1-16(2)7-17(6-13(20)14(16)22)8-21(9-17)15(23)11-4-3-10(19)5-12(11)18/h3-6H,7-9,19-20H2,1-2H3. The monoisotopic (exact) mass is 317 g/mol. The second kappa shape index (κ2) is 4.81. The van der Waals surface area contributed by atoms with Gasteiger partial charge in [-0.2, -0.15) is 0 Å². The number of allylic oxidation sites excluding steroid dienone is 1. The number of nitrogen functional groups attached to an aromatic ring is 1. The lowest BCUT2D eigenvalue weighted by atomic mass is 9.62. The van der Waals surface area contributed by atoms with Gasteiger partial charge in [0.05, 0.1) is 11.3 Å². The summed E-state index contributed by atoms with van der Waals surface area (Å²) in [5.41, 5.74) is 11.1. The van der Waals surface area contributed by atoms with Crippen molar-refractivity contribution < 1.29 is 14.0 Å². The third-order valence-corrected chi connectivity index (χ3v) is 4.65. The van der Waals surface area contributed by atoms with Crippen molar-refractivity contribution in [3.8, 4) is 0 Å². The Morgan fingerprint density at radius 3 is 2.48 bits per heavy atom. The van der Waals surface area contributed by atoms with Gasteiger partial charge in [-0.25, -0.2) is 4.39 Å². The molecule has 1 aliphatic carbocycles. The van der Waals surface area contributed by atoms with E-state index in [-0.39, 0.29) is 34.1 Å². The normalized spacial score (nSPS) is 21.8. The minimum atomic E-state index is -0.620. The number of carbonyl (C=O) groups excluding carboxylic acids is 2. The van der Waals surface area contributed by atoms with E-state index < -0.39 is 11.2 Å². The first-order valence-corrected chi connectivity index (χ1v) is 7.51. The van der Waals surface area contributed by atoms with Gasteiger partial charge in [0.15, 0.2) is 5.78 Å². The molecule has 0 bridgehead atoms. The Kier molecular flexibility index (Phi) is 3.25. The summed E-state index contributed by atoms with van der Waals surface area (Å²) in [6.45, 7) is 4.60. The summed E-state index contributed by atoms with van der Waals surface area (Å²) < 4.78 is 13.9. The average Bonchev–Trinajstić information content (AvgIpc) is 2.41. The fourth-order valence-corrected chi connectivity index (χ4v) is 3.73. The maximum atomic E-state index is 13.9. The molecule has 0 radical (unpaired) electrons. The number of carbonyl (C=O) groups is 2. The zero-order valence-electron chi connectivity index (χ0n) is 13.2. The third-order valence-electron chi connectivity index (χ3n) is 4.65. The lowest BCUT2D eigenvalue weighted by Gasteiger charge is -2.53. The predicted octanol–water partition coefficient (Wildman–Crippen LogP) is 1.69. The Balaban J connectivity index is 1.78. The molecular formula is C17H20FN3O2. The lowest BCUT2D eigenvalue weighted by Crippen LogP contribution is -2.61. The van der Waals surface area contributed by atoms with E-state index in [0.717, 1.165) is 6.07 Å². The first kappa shape index (κ1) is 15.5. The average molecular weight is 317 g/mol. The molecule has 1 fully saturated rings. The quantitative estimate of drug-likeness (QED) is 0.771. The fraction of sp³-hybridized carbons (Fsp3) is 0.412. The van der Waals surface area contributed by atoms with Crippen molar-refractivity contribution in [2.45, 2.75) is 20.3 Å². The summed E-state index contributed by atoms with van der Waals surface area (Å²) in [5, 5.41) is 0. The summed E-state index contributed by atoms with van der Waals surface area (Å²) in [5.74, 6) is -1.04. The van der Waals surface area contributed by atoms with E-state index >= 15 is 0 Å². The molecule has 122 valence electrons. The van der Waals surface area contributed by atoms with Crippen LogP contribution in [0.2, 0.25) is 0 Å². The molecule has 3 rings (SSSR count). The van der Waals surface area contributed by atoms with E-state index in [1.165, 1.54) is 12.1 Å². The van der Waals surface area contributed by atoms with Crippen molar-refractivity contribution >= 4 is 17.4 Å². The van der Waals surface area contributed by atoms with Gasteiger partial charge in [0.25, 0.3) is 5.91 Å². The number of nitrogens with zero attached hydrogens (tertiary/aromatic N) is 1. The van der Waals surface area contributed by atoms with Gasteiger partial charge in [-0.15, -0.1) is 0 Å². The molecule has 6 heteroatoms. The molecule has 1 saturated heterocycles. The van der Waals surface area contributed by atoms with E-state index in [1.54, 1.807) is 11.0 Å². The van der Waals surface area contributed by atoms with Crippen LogP contribution in [0.15, 0.2) is 30.0 Å². The van der Waals surface area contributed by atoms with Crippen LogP contribution in [0, 0.1) is 16.6 Å². The number of Topliss-reactive ketones (excluding diaryl/α,β-unsaturated/α-hetero) is 1. The Bertz CT molecular complexity index is 733. The summed E-state index contributed by atoms with van der Waals surface area (Å²) in [7, 11) is 0. The smallest absolute Gasteiger partial charge is 0.256 e. The first-order chi connectivity index (χ1) is 10.6. The van der Waals surface area contributed by atoms with Crippen LogP contribution >= 0.6 is 0 Å². The maximum absolute atomic E-state index is 13.9. The van der Waals surface area contributed by atoms with Crippen molar-refractivity contribution in [3.63, 3.8) is 0 Å². The van der Waals surface area contributed by atoms with Gasteiger partial charge >= 0.3 is 0 Å². The number of rotatable bonds is 1. The summed E-state index contributed by atoms with van der Waals surface area (Å²) in [6.07, 6.45) is 2.40. The number of benzene rings is 1. The highest BCUT2D eigenvalue weighted by Crippen LogP contribution is 2.47. The van der Waals surface area contributed by atoms with Crippen LogP contribution in [0.1, 0.15) is 30.6 Å². The Morgan fingerprint density at radius 2 is 1.91 bits per heavy atom. The van der Waals surface area contributed by atoms with Gasteiger partial charge in [0, 0.05) is 29.6 Å². The second-order valence-corrected chi connectivity index (χ2v) is 7.25. The Hall–Kier alpha value is -2.37. The molecule has 1 aromatic rings. The van der Waals surface area contributed by atoms with E-state index in [4.69, 9.17) is 11.5 Å². The number of halogens is 1. The highest BCUT2D eigenvalue weighted by Gasteiger charge is 2.52. The third kappa shape index (κ3) is 2.48. The number of anilines is 1. The van der Waals surface area contributed by atoms with E-state index in [2.05, 4.69) is 0 Å². The van der Waals surface area contributed by atoms with Gasteiger partial charge in [0.2, 0.25) is 0 Å². The lowest BCUT2D eigenvalue weighted by molar-refractivity contribution is -0.127. The first-order valence-electron chi connectivity index (χ1n) is 7.51. The second-order valence-electron chi connectivity index (χ2n) is 7.25. The molecule has 0 aromatic heterocycles. The van der Waals surface area contributed by atoms with Gasteiger partial charge in [-0.1, -0.05) is 13.8 Å². The number of amides is 1. The zero-order valence-corrected chi connectivity index (χ0v) is 13.2. The highest BCUT2D eigenvalue weighted by atomic mass is 19.1. The van der Waals surface area contributed by atoms with Crippen LogP contribution in [-0.2, 0) is 4.79 Å². The van der Waals surface area contributed by atoms with Crippen LogP contribution in [0.4, 0.5) is 10.1 Å². The van der Waals surface area contributed by atoms with Gasteiger partial charge < -0.3 is 16.4 Å². The molecule has 2 aliphatic rings. The molecule has 0 saturated carbocycles. The predicted molar refractivity (Wildman–Crippen MR) is 84.8 cm³/mol. The van der Waals surface area contributed by atoms with Gasteiger partial charge in [0.1, 0.15) is 5.82 Å². The summed E-state index contributed by atoms with van der Waals surface area (Å²) in [6, 6.07) is 4.05. The number of likely N-dealkylation sites (tertiary alicyclic amines) is 1. The zero-order chi connectivity index (χ0) is 17.0. The van der Waals surface area contributed by atoms with Crippen molar-refractivity contribution in [2.24, 2.45) is 16.6 Å². The molecule has 1 aromatic carbocycles. The maximum Gasteiger partial charge on any atom is 0.256 e. The van der Waals surface area contributed by atoms with Crippen molar-refractivity contribution in [1.82, 2.24) is 4.90 Å². The molecular weight excluding hydrogens is 297 g/mol. The minimum absolute atomic E-state index is 0.0112. The van der Waals surface area contributed by atoms with Crippen LogP contribution in [0.3, 0.4) is 0 Å². The SMILES string of the molecule is CC1(C)CC2(C=C(N)C1=O)CN(C(=O)c1ccc(N)cc1F)C2. The van der Waals surface area contributed by atoms with Gasteiger partial charge in [-0.05, 0) is 30.7 Å². The molecule has 4 N–H and O–H groups in total. The largest absolute Gasteiger partial charge is 0.399 e. The van der Waals surface area contributed by atoms with E-state index in [9.17, 15) is 14.0 Å². The Labute approximate surface area is 134 Å². The van der Waals surface area contributed by atoms with Crippen LogP contribution in [-0.4, -0.2) is 29.7 Å². The number of ketones is 1. The van der Waals surface area contributed by atoms with Crippen molar-refractivity contribution in [2.75, 3.05) is 18.8 Å².